The first-order valence-corrected chi connectivity index (χ1v) is 6.13. The van der Waals surface area contributed by atoms with Crippen molar-refractivity contribution >= 4 is 33.3 Å². The maximum atomic E-state index is 12.1. The Hall–Kier alpha value is -1.82. The lowest BCUT2D eigenvalue weighted by atomic mass is 10.2. The van der Waals surface area contributed by atoms with Crippen LogP contribution in [0.25, 0.3) is 0 Å². The van der Waals surface area contributed by atoms with E-state index >= 15 is 0 Å². The number of aromatic nitrogens is 2. The largest absolute Gasteiger partial charge is 0.399 e. The van der Waals surface area contributed by atoms with E-state index in [0.717, 1.165) is 5.69 Å². The molecule has 0 aliphatic heterocycles. The molecule has 18 heavy (non-hydrogen) atoms. The molecule has 3 N–H and O–H groups in total. The molecule has 0 unspecified atom stereocenters. The zero-order chi connectivity index (χ0) is 13.3. The van der Waals surface area contributed by atoms with Crippen molar-refractivity contribution in [1.29, 1.82) is 0 Å². The Labute approximate surface area is 113 Å². The Balaban J connectivity index is 2.27. The van der Waals surface area contributed by atoms with Crippen molar-refractivity contribution in [3.8, 4) is 0 Å². The Bertz CT molecular complexity index is 606. The van der Waals surface area contributed by atoms with E-state index in [2.05, 4.69) is 26.3 Å². The van der Waals surface area contributed by atoms with Gasteiger partial charge in [-0.15, -0.1) is 0 Å². The summed E-state index contributed by atoms with van der Waals surface area (Å²) in [5.74, 6) is 0.420. The molecule has 1 amide bonds. The first kappa shape index (κ1) is 12.6. The standard InChI is InChI=1S/C12H13BrN4O/c1-7-5-11(17(2)16-7)15-12(18)9-6-8(14)3-4-10(9)13/h3-6H,14H2,1-2H3,(H,15,18). The van der Waals surface area contributed by atoms with E-state index in [9.17, 15) is 4.79 Å². The van der Waals surface area contributed by atoms with Crippen LogP contribution in [0.1, 0.15) is 16.1 Å². The van der Waals surface area contributed by atoms with Crippen molar-refractivity contribution in [2.45, 2.75) is 6.92 Å². The van der Waals surface area contributed by atoms with Gasteiger partial charge in [0.05, 0.1) is 11.3 Å². The lowest BCUT2D eigenvalue weighted by Crippen LogP contribution is -2.15. The smallest absolute Gasteiger partial charge is 0.258 e. The highest BCUT2D eigenvalue weighted by molar-refractivity contribution is 9.10. The lowest BCUT2D eigenvalue weighted by Gasteiger charge is -2.07. The van der Waals surface area contributed by atoms with Gasteiger partial charge in [-0.25, -0.2) is 0 Å². The molecule has 2 rings (SSSR count). The van der Waals surface area contributed by atoms with Crippen LogP contribution in [0, 0.1) is 6.92 Å². The quantitative estimate of drug-likeness (QED) is 0.836. The van der Waals surface area contributed by atoms with Crippen LogP contribution in [0.2, 0.25) is 0 Å². The van der Waals surface area contributed by atoms with E-state index in [1.807, 2.05) is 6.92 Å². The molecule has 0 fully saturated rings. The minimum absolute atomic E-state index is 0.225. The van der Waals surface area contributed by atoms with Gasteiger partial charge in [0.15, 0.2) is 0 Å². The summed E-state index contributed by atoms with van der Waals surface area (Å²) in [5, 5.41) is 6.95. The Morgan fingerprint density at radius 3 is 2.78 bits per heavy atom. The van der Waals surface area contributed by atoms with Gasteiger partial charge in [-0.05, 0) is 41.1 Å². The molecule has 1 heterocycles. The van der Waals surface area contributed by atoms with E-state index in [1.165, 1.54) is 0 Å². The van der Waals surface area contributed by atoms with Gasteiger partial charge in [-0.2, -0.15) is 5.10 Å². The number of carbonyl (C=O) groups is 1. The molecule has 1 aromatic heterocycles. The molecule has 1 aromatic carbocycles. The van der Waals surface area contributed by atoms with Gasteiger partial charge < -0.3 is 11.1 Å². The second-order valence-electron chi connectivity index (χ2n) is 3.99. The summed E-state index contributed by atoms with van der Waals surface area (Å²) in [4.78, 5) is 12.1. The predicted molar refractivity (Wildman–Crippen MR) is 74.5 cm³/mol. The molecule has 0 atom stereocenters. The number of hydrogen-bond acceptors (Lipinski definition) is 3. The fourth-order valence-electron chi connectivity index (χ4n) is 1.63. The fourth-order valence-corrected chi connectivity index (χ4v) is 2.05. The number of rotatable bonds is 2. The van der Waals surface area contributed by atoms with Crippen LogP contribution >= 0.6 is 15.9 Å². The van der Waals surface area contributed by atoms with E-state index < -0.39 is 0 Å². The molecular weight excluding hydrogens is 296 g/mol. The number of carbonyl (C=O) groups excluding carboxylic acids is 1. The number of hydrogen-bond donors (Lipinski definition) is 2. The third kappa shape index (κ3) is 2.53. The van der Waals surface area contributed by atoms with Crippen molar-refractivity contribution < 1.29 is 4.79 Å². The molecule has 0 bridgehead atoms. The molecule has 0 spiro atoms. The highest BCUT2D eigenvalue weighted by Crippen LogP contribution is 2.21. The van der Waals surface area contributed by atoms with Crippen molar-refractivity contribution in [2.75, 3.05) is 11.1 Å². The molecule has 0 radical (unpaired) electrons. The van der Waals surface area contributed by atoms with Gasteiger partial charge in [0.1, 0.15) is 5.82 Å². The molecule has 0 aliphatic rings. The number of nitrogens with one attached hydrogen (secondary N) is 1. The Morgan fingerprint density at radius 1 is 1.44 bits per heavy atom. The number of nitrogens with zero attached hydrogens (tertiary/aromatic N) is 2. The topological polar surface area (TPSA) is 72.9 Å². The maximum absolute atomic E-state index is 12.1. The molecule has 0 saturated heterocycles. The third-order valence-corrected chi connectivity index (χ3v) is 3.17. The zero-order valence-corrected chi connectivity index (χ0v) is 11.7. The van der Waals surface area contributed by atoms with E-state index in [0.29, 0.717) is 21.5 Å². The van der Waals surface area contributed by atoms with Crippen LogP contribution in [-0.4, -0.2) is 15.7 Å². The second kappa shape index (κ2) is 4.81. The number of nitrogens with two attached hydrogens (primary N) is 1. The summed E-state index contributed by atoms with van der Waals surface area (Å²) in [6.07, 6.45) is 0. The van der Waals surface area contributed by atoms with Crippen LogP contribution in [-0.2, 0) is 7.05 Å². The lowest BCUT2D eigenvalue weighted by molar-refractivity contribution is 0.102. The molecule has 94 valence electrons. The second-order valence-corrected chi connectivity index (χ2v) is 4.84. The summed E-state index contributed by atoms with van der Waals surface area (Å²) in [7, 11) is 1.77. The van der Waals surface area contributed by atoms with Crippen LogP contribution in [0.15, 0.2) is 28.7 Å². The molecule has 0 saturated carbocycles. The van der Waals surface area contributed by atoms with E-state index in [-0.39, 0.29) is 5.91 Å². The Kier molecular flexibility index (Phi) is 3.38. The first-order chi connectivity index (χ1) is 8.47. The minimum atomic E-state index is -0.225. The monoisotopic (exact) mass is 308 g/mol. The summed E-state index contributed by atoms with van der Waals surface area (Å²) in [6, 6.07) is 6.91. The van der Waals surface area contributed by atoms with Crippen molar-refractivity contribution in [2.24, 2.45) is 7.05 Å². The summed E-state index contributed by atoms with van der Waals surface area (Å²) >= 11 is 3.33. The van der Waals surface area contributed by atoms with Gasteiger partial charge in [-0.1, -0.05) is 0 Å². The highest BCUT2D eigenvalue weighted by atomic mass is 79.9. The number of amides is 1. The maximum Gasteiger partial charge on any atom is 0.258 e. The van der Waals surface area contributed by atoms with Crippen LogP contribution in [0.3, 0.4) is 0 Å². The molecule has 6 heteroatoms. The normalized spacial score (nSPS) is 10.4. The van der Waals surface area contributed by atoms with Gasteiger partial charge >= 0.3 is 0 Å². The Morgan fingerprint density at radius 2 is 2.17 bits per heavy atom. The number of benzene rings is 1. The molecule has 0 aliphatic carbocycles. The van der Waals surface area contributed by atoms with Crippen LogP contribution in [0.5, 0.6) is 0 Å². The number of halogens is 1. The van der Waals surface area contributed by atoms with E-state index in [4.69, 9.17) is 5.73 Å². The molecule has 2 aromatic rings. The summed E-state index contributed by atoms with van der Waals surface area (Å²) in [6.45, 7) is 1.87. The number of aryl methyl sites for hydroxylation is 2. The predicted octanol–water partition coefficient (Wildman–Crippen LogP) is 2.33. The van der Waals surface area contributed by atoms with Gasteiger partial charge in [0.2, 0.25) is 0 Å². The van der Waals surface area contributed by atoms with Crippen LogP contribution < -0.4 is 11.1 Å². The first-order valence-electron chi connectivity index (χ1n) is 5.34. The zero-order valence-electron chi connectivity index (χ0n) is 10.1. The molecular formula is C12H13BrN4O. The third-order valence-electron chi connectivity index (χ3n) is 2.48. The average Bonchev–Trinajstić information content (AvgIpc) is 2.61. The highest BCUT2D eigenvalue weighted by Gasteiger charge is 2.12. The summed E-state index contributed by atoms with van der Waals surface area (Å²) < 4.78 is 2.32. The van der Waals surface area contributed by atoms with Gasteiger partial charge in [0.25, 0.3) is 5.91 Å². The van der Waals surface area contributed by atoms with Gasteiger partial charge in [0, 0.05) is 23.3 Å². The molecule has 5 nitrogen and oxygen atoms in total. The average molecular weight is 309 g/mol. The van der Waals surface area contributed by atoms with Crippen LogP contribution in [0.4, 0.5) is 11.5 Å². The van der Waals surface area contributed by atoms with Crippen molar-refractivity contribution in [3.63, 3.8) is 0 Å². The van der Waals surface area contributed by atoms with E-state index in [1.54, 1.807) is 36.0 Å². The SMILES string of the molecule is Cc1cc(NC(=O)c2cc(N)ccc2Br)n(C)n1. The number of anilines is 2. The minimum Gasteiger partial charge on any atom is -0.399 e. The van der Waals surface area contributed by atoms with Gasteiger partial charge in [-0.3, -0.25) is 9.48 Å². The summed E-state index contributed by atoms with van der Waals surface area (Å²) in [5.41, 5.74) is 7.56. The van der Waals surface area contributed by atoms with Crippen molar-refractivity contribution in [3.05, 3.63) is 40.0 Å². The fraction of sp³-hybridized carbons (Fsp3) is 0.167. The number of nitrogen functional groups attached to an aromatic ring is 1. The van der Waals surface area contributed by atoms with Crippen molar-refractivity contribution in [1.82, 2.24) is 9.78 Å².